The minimum Gasteiger partial charge on any atom is -0.0683 e. The first-order valence-electron chi connectivity index (χ1n) is 6.35. The van der Waals surface area contributed by atoms with Gasteiger partial charge in [0.25, 0.3) is 0 Å². The van der Waals surface area contributed by atoms with Crippen molar-refractivity contribution in [2.75, 3.05) is 0 Å². The van der Waals surface area contributed by atoms with E-state index in [1.165, 1.54) is 21.9 Å². The zero-order chi connectivity index (χ0) is 12.0. The molecule has 0 heteroatoms. The predicted octanol–water partition coefficient (Wildman–Crippen LogP) is 4.99. The first-order valence-corrected chi connectivity index (χ1v) is 6.35. The molecule has 0 saturated carbocycles. The van der Waals surface area contributed by atoms with Gasteiger partial charge in [-0.3, -0.25) is 0 Å². The van der Waals surface area contributed by atoms with Crippen LogP contribution in [0.15, 0.2) is 36.4 Å². The second-order valence-corrected chi connectivity index (χ2v) is 3.72. The molecule has 0 aliphatic rings. The van der Waals surface area contributed by atoms with E-state index < -0.39 is 0 Å². The topological polar surface area (TPSA) is 0 Å². The molecule has 0 bridgehead atoms. The average molecular weight is 214 g/mol. The monoisotopic (exact) mass is 214 g/mol. The molecule has 86 valence electrons. The van der Waals surface area contributed by atoms with Crippen molar-refractivity contribution in [3.63, 3.8) is 0 Å². The molecule has 16 heavy (non-hydrogen) atoms. The fourth-order valence-corrected chi connectivity index (χ4v) is 1.78. The summed E-state index contributed by atoms with van der Waals surface area (Å²) in [7, 11) is 0. The minimum absolute atomic E-state index is 1.12. The molecular weight excluding hydrogens is 192 g/mol. The Hall–Kier alpha value is -1.30. The summed E-state index contributed by atoms with van der Waals surface area (Å²) in [6, 6.07) is 13.5. The largest absolute Gasteiger partial charge is 0.0683 e. The molecule has 2 aromatic carbocycles. The summed E-state index contributed by atoms with van der Waals surface area (Å²) in [4.78, 5) is 0. The number of rotatable bonds is 2. The first kappa shape index (κ1) is 12.8. The summed E-state index contributed by atoms with van der Waals surface area (Å²) < 4.78 is 0. The fourth-order valence-electron chi connectivity index (χ4n) is 1.78. The van der Waals surface area contributed by atoms with Gasteiger partial charge < -0.3 is 0 Å². The normalized spacial score (nSPS) is 9.75. The Kier molecular flexibility index (Phi) is 5.04. The second-order valence-electron chi connectivity index (χ2n) is 3.72. The van der Waals surface area contributed by atoms with Gasteiger partial charge in [0.1, 0.15) is 0 Å². The lowest BCUT2D eigenvalue weighted by Gasteiger charge is -2.03. The summed E-state index contributed by atoms with van der Waals surface area (Å²) in [5.74, 6) is 0. The van der Waals surface area contributed by atoms with Gasteiger partial charge in [0.2, 0.25) is 0 Å². The van der Waals surface area contributed by atoms with E-state index in [2.05, 4.69) is 50.2 Å². The molecule has 0 aliphatic heterocycles. The highest BCUT2D eigenvalue weighted by atomic mass is 14.0. The van der Waals surface area contributed by atoms with E-state index in [9.17, 15) is 0 Å². The van der Waals surface area contributed by atoms with Crippen molar-refractivity contribution in [3.05, 3.63) is 47.5 Å². The van der Waals surface area contributed by atoms with E-state index in [4.69, 9.17) is 0 Å². The van der Waals surface area contributed by atoms with Gasteiger partial charge >= 0.3 is 0 Å². The quantitative estimate of drug-likeness (QED) is 0.660. The molecule has 0 atom stereocenters. The lowest BCUT2D eigenvalue weighted by molar-refractivity contribution is 1.14. The third-order valence-electron chi connectivity index (χ3n) is 2.79. The van der Waals surface area contributed by atoms with Crippen molar-refractivity contribution in [1.82, 2.24) is 0 Å². The highest BCUT2D eigenvalue weighted by Gasteiger charge is 1.96. The van der Waals surface area contributed by atoms with Gasteiger partial charge in [0, 0.05) is 0 Å². The van der Waals surface area contributed by atoms with Gasteiger partial charge in [0.05, 0.1) is 0 Å². The van der Waals surface area contributed by atoms with E-state index in [1.54, 1.807) is 0 Å². The smallest absolute Gasteiger partial charge is 0.0181 e. The third-order valence-corrected chi connectivity index (χ3v) is 2.79. The number of fused-ring (bicyclic) bond motifs is 1. The Morgan fingerprint density at radius 2 is 1.06 bits per heavy atom. The molecule has 0 amide bonds. The van der Waals surface area contributed by atoms with Gasteiger partial charge in [-0.25, -0.2) is 0 Å². The van der Waals surface area contributed by atoms with Gasteiger partial charge in [-0.1, -0.05) is 64.1 Å². The molecule has 2 rings (SSSR count). The van der Waals surface area contributed by atoms with Crippen molar-refractivity contribution in [2.45, 2.75) is 40.5 Å². The molecule has 0 aromatic heterocycles. The summed E-state index contributed by atoms with van der Waals surface area (Å²) in [6.45, 7) is 8.39. The van der Waals surface area contributed by atoms with E-state index in [0.717, 1.165) is 12.8 Å². The molecule has 0 aliphatic carbocycles. The van der Waals surface area contributed by atoms with Crippen molar-refractivity contribution in [1.29, 1.82) is 0 Å². The number of hydrogen-bond donors (Lipinski definition) is 0. The Bertz CT molecular complexity index is 397. The molecule has 0 unspecified atom stereocenters. The maximum Gasteiger partial charge on any atom is -0.0181 e. The number of aryl methyl sites for hydroxylation is 2. The van der Waals surface area contributed by atoms with Crippen LogP contribution in [0.4, 0.5) is 0 Å². The van der Waals surface area contributed by atoms with Crippen LogP contribution < -0.4 is 0 Å². The summed E-state index contributed by atoms with van der Waals surface area (Å²) in [6.07, 6.45) is 2.23. The van der Waals surface area contributed by atoms with Crippen molar-refractivity contribution < 1.29 is 0 Å². The minimum atomic E-state index is 1.12. The Balaban J connectivity index is 0.000000606. The molecule has 0 saturated heterocycles. The highest BCUT2D eigenvalue weighted by molar-refractivity contribution is 5.83. The summed E-state index contributed by atoms with van der Waals surface area (Å²) in [5, 5.41) is 2.73. The third kappa shape index (κ3) is 2.85. The maximum atomic E-state index is 2.29. The van der Waals surface area contributed by atoms with Crippen LogP contribution in [-0.2, 0) is 12.8 Å². The molecule has 0 radical (unpaired) electrons. The molecule has 0 heterocycles. The number of benzene rings is 2. The predicted molar refractivity (Wildman–Crippen MR) is 74.1 cm³/mol. The summed E-state index contributed by atoms with van der Waals surface area (Å²) >= 11 is 0. The maximum absolute atomic E-state index is 2.29. The zero-order valence-corrected chi connectivity index (χ0v) is 10.9. The first-order chi connectivity index (χ1) is 7.83. The molecule has 0 spiro atoms. The lowest BCUT2D eigenvalue weighted by atomic mass is 10.0. The molecule has 0 fully saturated rings. The van der Waals surface area contributed by atoms with E-state index in [0.29, 0.717) is 0 Å². The highest BCUT2D eigenvalue weighted by Crippen LogP contribution is 2.18. The van der Waals surface area contributed by atoms with Crippen LogP contribution in [-0.4, -0.2) is 0 Å². The van der Waals surface area contributed by atoms with Crippen molar-refractivity contribution in [2.24, 2.45) is 0 Å². The molecule has 0 N–H and O–H groups in total. The van der Waals surface area contributed by atoms with E-state index >= 15 is 0 Å². The van der Waals surface area contributed by atoms with Crippen LogP contribution in [0.3, 0.4) is 0 Å². The SMILES string of the molecule is CC.CCc1ccc2cc(CC)ccc2c1. The second kappa shape index (κ2) is 6.32. The van der Waals surface area contributed by atoms with Gasteiger partial charge in [0.15, 0.2) is 0 Å². The van der Waals surface area contributed by atoms with Gasteiger partial charge in [-0.05, 0) is 34.7 Å². The van der Waals surface area contributed by atoms with Crippen molar-refractivity contribution in [3.8, 4) is 0 Å². The Morgan fingerprint density at radius 3 is 1.38 bits per heavy atom. The standard InChI is InChI=1S/C14H16.C2H6/c1-3-11-5-7-14-10-12(4-2)6-8-13(14)9-11;1-2/h5-10H,3-4H2,1-2H3;1-2H3. The lowest BCUT2D eigenvalue weighted by Crippen LogP contribution is -1.83. The van der Waals surface area contributed by atoms with Crippen molar-refractivity contribution >= 4 is 10.8 Å². The van der Waals surface area contributed by atoms with Gasteiger partial charge in [-0.15, -0.1) is 0 Å². The van der Waals surface area contributed by atoms with Gasteiger partial charge in [-0.2, -0.15) is 0 Å². The van der Waals surface area contributed by atoms with E-state index in [1.807, 2.05) is 13.8 Å². The average Bonchev–Trinajstić information content (AvgIpc) is 2.39. The van der Waals surface area contributed by atoms with Crippen LogP contribution in [0, 0.1) is 0 Å². The molecule has 2 aromatic rings. The zero-order valence-electron chi connectivity index (χ0n) is 10.9. The van der Waals surface area contributed by atoms with Crippen LogP contribution in [0.5, 0.6) is 0 Å². The van der Waals surface area contributed by atoms with Crippen LogP contribution in [0.2, 0.25) is 0 Å². The van der Waals surface area contributed by atoms with E-state index in [-0.39, 0.29) is 0 Å². The number of hydrogen-bond acceptors (Lipinski definition) is 0. The molecular formula is C16H22. The van der Waals surface area contributed by atoms with Crippen LogP contribution in [0.1, 0.15) is 38.8 Å². The van der Waals surface area contributed by atoms with Crippen LogP contribution >= 0.6 is 0 Å². The molecule has 0 nitrogen and oxygen atoms in total. The summed E-state index contributed by atoms with van der Waals surface area (Å²) in [5.41, 5.74) is 2.84. The Morgan fingerprint density at radius 1 is 0.688 bits per heavy atom. The fraction of sp³-hybridized carbons (Fsp3) is 0.375. The Labute approximate surface area is 99.3 Å². The van der Waals surface area contributed by atoms with Crippen LogP contribution in [0.25, 0.3) is 10.8 Å².